The van der Waals surface area contributed by atoms with Gasteiger partial charge in [0, 0.05) is 12.1 Å². The Bertz CT molecular complexity index is 1650. The van der Waals surface area contributed by atoms with Crippen LogP contribution in [0.15, 0.2) is 97.1 Å². The number of hydrogen-bond donors (Lipinski definition) is 0. The van der Waals surface area contributed by atoms with Crippen molar-refractivity contribution < 1.29 is 65.7 Å². The van der Waals surface area contributed by atoms with Crippen LogP contribution in [0.2, 0.25) is 13.1 Å². The van der Waals surface area contributed by atoms with Gasteiger partial charge < -0.3 is 24.8 Å². The normalized spacial score (nSPS) is 10.1. The molecule has 0 saturated heterocycles. The third-order valence-corrected chi connectivity index (χ3v) is 6.14. The van der Waals surface area contributed by atoms with E-state index < -0.39 is 23.3 Å². The van der Waals surface area contributed by atoms with Gasteiger partial charge in [-0.3, -0.25) is 0 Å². The van der Waals surface area contributed by atoms with E-state index in [1.807, 2.05) is 62.4 Å². The fourth-order valence-corrected chi connectivity index (χ4v) is 4.69. The smallest absolute Gasteiger partial charge is 0.126 e. The van der Waals surface area contributed by atoms with Crippen molar-refractivity contribution in [1.29, 1.82) is 0 Å². The molecular formula is C34H28Cl2F4SiZr-2. The van der Waals surface area contributed by atoms with Crippen molar-refractivity contribution in [3.05, 3.63) is 131 Å². The third kappa shape index (κ3) is 9.25. The Morgan fingerprint density at radius 2 is 0.857 bits per heavy atom. The summed E-state index contributed by atoms with van der Waals surface area (Å²) in [5.74, 6) is -2.20. The molecule has 0 radical (unpaired) electrons. The van der Waals surface area contributed by atoms with Gasteiger partial charge in [-0.25, -0.2) is 17.6 Å². The largest absolute Gasteiger partial charge is 1.00 e. The Labute approximate surface area is 271 Å². The summed E-state index contributed by atoms with van der Waals surface area (Å²) in [7, 11) is 0. The Hall–Kier alpha value is -2.50. The summed E-state index contributed by atoms with van der Waals surface area (Å²) in [6.07, 6.45) is 0. The van der Waals surface area contributed by atoms with E-state index in [4.69, 9.17) is 0 Å². The molecule has 0 bridgehead atoms. The summed E-state index contributed by atoms with van der Waals surface area (Å²) in [5.41, 5.74) is 5.37. The molecule has 0 aliphatic rings. The standard InChI is InChI=1S/2C16H11F2.C2H6Si.2ClH.Zr/c2*1-10-5-11-3-2-4-15(16(11)6-10)12-7-13(17)9-14(18)8-12;1-3-2;;;/h2*2-9H,1H3;1-2H3;2*1H;/q2*-1;;;;+2/p-2. The summed E-state index contributed by atoms with van der Waals surface area (Å²) < 4.78 is 53.1. The topological polar surface area (TPSA) is 0 Å². The minimum Gasteiger partial charge on any atom is -1.00 e. The van der Waals surface area contributed by atoms with Crippen molar-refractivity contribution in [3.8, 4) is 22.3 Å². The van der Waals surface area contributed by atoms with E-state index in [9.17, 15) is 17.6 Å². The monoisotopic (exact) mass is 700 g/mol. The van der Waals surface area contributed by atoms with Crippen LogP contribution in [0, 0.1) is 37.1 Å². The maximum absolute atomic E-state index is 13.3. The molecule has 0 aromatic heterocycles. The van der Waals surface area contributed by atoms with Crippen molar-refractivity contribution in [3.63, 3.8) is 0 Å². The molecule has 0 atom stereocenters. The van der Waals surface area contributed by atoms with E-state index in [1.165, 1.54) is 24.3 Å². The number of halogens is 6. The van der Waals surface area contributed by atoms with Gasteiger partial charge in [-0.2, -0.15) is 12.1 Å². The Balaban J connectivity index is 0.000000250. The zero-order valence-electron chi connectivity index (χ0n) is 23.5. The second-order valence-electron chi connectivity index (χ2n) is 10.00. The number of benzene rings is 4. The molecule has 6 aromatic rings. The van der Waals surface area contributed by atoms with Crippen LogP contribution in [0.1, 0.15) is 11.1 Å². The van der Waals surface area contributed by atoms with Gasteiger partial charge in [0.1, 0.15) is 23.3 Å². The molecular weight excluding hydrogens is 675 g/mol. The minimum atomic E-state index is -0.551. The summed E-state index contributed by atoms with van der Waals surface area (Å²) in [4.78, 5) is 0. The Morgan fingerprint density at radius 3 is 1.17 bits per heavy atom. The number of rotatable bonds is 2. The molecule has 0 N–H and O–H groups in total. The molecule has 0 aliphatic carbocycles. The number of hydrogen-bond acceptors (Lipinski definition) is 0. The van der Waals surface area contributed by atoms with Crippen molar-refractivity contribution in [2.45, 2.75) is 26.9 Å². The predicted octanol–water partition coefficient (Wildman–Crippen LogP) is 4.42. The molecule has 0 unspecified atom stereocenters. The maximum atomic E-state index is 13.3. The van der Waals surface area contributed by atoms with Gasteiger partial charge in [0.25, 0.3) is 0 Å². The van der Waals surface area contributed by atoms with Crippen molar-refractivity contribution in [2.75, 3.05) is 0 Å². The fourth-order valence-electron chi connectivity index (χ4n) is 4.69. The molecule has 0 nitrogen and oxygen atoms in total. The summed E-state index contributed by atoms with van der Waals surface area (Å²) in [5, 5.41) is 4.24. The zero-order chi connectivity index (χ0) is 29.0. The zero-order valence-corrected chi connectivity index (χ0v) is 28.5. The van der Waals surface area contributed by atoms with E-state index in [2.05, 4.69) is 25.2 Å². The van der Waals surface area contributed by atoms with E-state index in [0.29, 0.717) is 11.1 Å². The van der Waals surface area contributed by atoms with E-state index in [1.54, 1.807) is 23.3 Å². The molecule has 0 amide bonds. The van der Waals surface area contributed by atoms with E-state index >= 15 is 0 Å². The SMILES string of the molecule is C[Si](C)=[Zr+2].Cc1cc2c(-c3cc(F)cc(F)c3)cccc2[cH-]1.Cc1cc2c(-c3cc(F)cc(F)c3)cccc2[cH-]1.[Cl-].[Cl-]. The molecule has 6 aromatic carbocycles. The first kappa shape index (κ1) is 35.7. The molecule has 0 fully saturated rings. The third-order valence-electron chi connectivity index (χ3n) is 6.14. The number of fused-ring (bicyclic) bond motifs is 2. The van der Waals surface area contributed by atoms with Gasteiger partial charge in [-0.1, -0.05) is 37.1 Å². The predicted molar refractivity (Wildman–Crippen MR) is 157 cm³/mol. The van der Waals surface area contributed by atoms with Gasteiger partial charge >= 0.3 is 41.9 Å². The Kier molecular flexibility index (Phi) is 13.4. The fraction of sp³-hybridized carbons (Fsp3) is 0.118. The van der Waals surface area contributed by atoms with Crippen molar-refractivity contribution in [2.24, 2.45) is 0 Å². The van der Waals surface area contributed by atoms with Gasteiger partial charge in [-0.15, -0.1) is 69.1 Å². The van der Waals surface area contributed by atoms with Crippen LogP contribution >= 0.6 is 0 Å². The van der Waals surface area contributed by atoms with E-state index in [0.717, 1.165) is 55.9 Å². The second kappa shape index (κ2) is 15.8. The van der Waals surface area contributed by atoms with Crippen molar-refractivity contribution in [1.82, 2.24) is 0 Å². The average Bonchev–Trinajstić information content (AvgIpc) is 3.43. The molecule has 0 saturated carbocycles. The van der Waals surface area contributed by atoms with Crippen LogP contribution in [-0.2, 0) is 23.3 Å². The molecule has 42 heavy (non-hydrogen) atoms. The first-order chi connectivity index (χ1) is 19.0. The van der Waals surface area contributed by atoms with Gasteiger partial charge in [-0.05, 0) is 35.4 Å². The maximum Gasteiger partial charge on any atom is 0.126 e. The molecule has 8 heteroatoms. The molecule has 6 rings (SSSR count). The van der Waals surface area contributed by atoms with E-state index in [-0.39, 0.29) is 30.2 Å². The van der Waals surface area contributed by atoms with Gasteiger partial charge in [0.05, 0.1) is 0 Å². The van der Waals surface area contributed by atoms with Crippen LogP contribution in [-0.4, -0.2) is 5.43 Å². The van der Waals surface area contributed by atoms with Crippen LogP contribution in [0.5, 0.6) is 0 Å². The molecule has 0 aliphatic heterocycles. The minimum absolute atomic E-state index is 0. The molecule has 0 heterocycles. The molecule has 0 spiro atoms. The van der Waals surface area contributed by atoms with Crippen molar-refractivity contribution >= 4 is 27.0 Å². The van der Waals surface area contributed by atoms with Gasteiger partial charge in [0.15, 0.2) is 0 Å². The first-order valence-corrected chi connectivity index (χ1v) is 19.0. The molecule has 216 valence electrons. The number of aryl methyl sites for hydroxylation is 2. The summed E-state index contributed by atoms with van der Waals surface area (Å²) >= 11 is 1.74. The summed E-state index contributed by atoms with van der Waals surface area (Å²) in [6.45, 7) is 8.64. The second-order valence-corrected chi connectivity index (χ2v) is 19.4. The van der Waals surface area contributed by atoms with Crippen LogP contribution in [0.25, 0.3) is 43.8 Å². The van der Waals surface area contributed by atoms with Crippen LogP contribution in [0.3, 0.4) is 0 Å². The Morgan fingerprint density at radius 1 is 0.548 bits per heavy atom. The van der Waals surface area contributed by atoms with Crippen LogP contribution < -0.4 is 24.8 Å². The average molecular weight is 703 g/mol. The quantitative estimate of drug-likeness (QED) is 0.143. The van der Waals surface area contributed by atoms with Gasteiger partial charge in [0.2, 0.25) is 0 Å². The first-order valence-electron chi connectivity index (χ1n) is 12.8. The summed E-state index contributed by atoms with van der Waals surface area (Å²) in [6, 6.07) is 27.0. The van der Waals surface area contributed by atoms with Crippen LogP contribution in [0.4, 0.5) is 17.6 Å².